The molecule has 1 saturated heterocycles. The van der Waals surface area contributed by atoms with Crippen LogP contribution in [0.4, 0.5) is 11.4 Å². The van der Waals surface area contributed by atoms with Crippen molar-refractivity contribution < 1.29 is 4.79 Å². The molecule has 1 fully saturated rings. The first-order valence-corrected chi connectivity index (χ1v) is 7.38. The Labute approximate surface area is 121 Å². The van der Waals surface area contributed by atoms with Crippen LogP contribution in [0, 0.1) is 0 Å². The first-order valence-electron chi connectivity index (χ1n) is 7.38. The molecule has 2 rings (SSSR count). The van der Waals surface area contributed by atoms with E-state index < -0.39 is 0 Å². The molecule has 2 N–H and O–H groups in total. The number of nitrogen functional groups attached to an aromatic ring is 1. The summed E-state index contributed by atoms with van der Waals surface area (Å²) in [7, 11) is 3.51. The molecule has 4 heteroatoms. The average Bonchev–Trinajstić information content (AvgIpc) is 2.62. The quantitative estimate of drug-likeness (QED) is 0.844. The van der Waals surface area contributed by atoms with E-state index in [-0.39, 0.29) is 5.91 Å². The molecular weight excluding hydrogens is 250 g/mol. The topological polar surface area (TPSA) is 49.6 Å². The minimum atomic E-state index is -0.00725. The van der Waals surface area contributed by atoms with Crippen LogP contribution in [-0.2, 0) is 0 Å². The lowest BCUT2D eigenvalue weighted by Gasteiger charge is -2.30. The zero-order chi connectivity index (χ0) is 14.7. The third kappa shape index (κ3) is 3.06. The monoisotopic (exact) mass is 275 g/mol. The van der Waals surface area contributed by atoms with Gasteiger partial charge in [0.25, 0.3) is 5.91 Å². The Morgan fingerprint density at radius 3 is 2.70 bits per heavy atom. The summed E-state index contributed by atoms with van der Waals surface area (Å²) in [6.45, 7) is 3.30. The molecule has 1 unspecified atom stereocenters. The Morgan fingerprint density at radius 1 is 1.30 bits per heavy atom. The second-order valence-corrected chi connectivity index (χ2v) is 5.86. The summed E-state index contributed by atoms with van der Waals surface area (Å²) < 4.78 is 0. The van der Waals surface area contributed by atoms with Gasteiger partial charge in [-0.15, -0.1) is 0 Å². The molecule has 0 bridgehead atoms. The van der Waals surface area contributed by atoms with E-state index in [1.165, 1.54) is 25.7 Å². The number of nitrogens with two attached hydrogens (primary N) is 1. The molecule has 1 aromatic carbocycles. The van der Waals surface area contributed by atoms with Crippen molar-refractivity contribution in [2.45, 2.75) is 38.6 Å². The van der Waals surface area contributed by atoms with Gasteiger partial charge in [0.1, 0.15) is 0 Å². The third-order valence-electron chi connectivity index (χ3n) is 4.04. The molecule has 0 saturated carbocycles. The van der Waals surface area contributed by atoms with Gasteiger partial charge in [-0.25, -0.2) is 0 Å². The maximum atomic E-state index is 12.0. The average molecular weight is 275 g/mol. The van der Waals surface area contributed by atoms with Gasteiger partial charge in [-0.3, -0.25) is 4.79 Å². The zero-order valence-corrected chi connectivity index (χ0v) is 12.7. The Hall–Kier alpha value is -1.71. The molecule has 1 aromatic rings. The van der Waals surface area contributed by atoms with Gasteiger partial charge >= 0.3 is 0 Å². The van der Waals surface area contributed by atoms with Crippen LogP contribution in [-0.4, -0.2) is 37.5 Å². The fraction of sp³-hybridized carbons (Fsp3) is 0.562. The van der Waals surface area contributed by atoms with E-state index in [4.69, 9.17) is 5.73 Å². The first kappa shape index (κ1) is 14.7. The maximum absolute atomic E-state index is 12.0. The molecule has 0 aromatic heterocycles. The van der Waals surface area contributed by atoms with Gasteiger partial charge in [0.2, 0.25) is 0 Å². The van der Waals surface area contributed by atoms with Crippen molar-refractivity contribution in [1.82, 2.24) is 4.90 Å². The predicted molar refractivity (Wildman–Crippen MR) is 84.1 cm³/mol. The molecular formula is C16H25N3O. The number of hydrogen-bond donors (Lipinski definition) is 1. The molecule has 1 amide bonds. The van der Waals surface area contributed by atoms with Crippen molar-refractivity contribution in [1.29, 1.82) is 0 Å². The second-order valence-electron chi connectivity index (χ2n) is 5.86. The summed E-state index contributed by atoms with van der Waals surface area (Å²) in [5.74, 6) is -0.00725. The maximum Gasteiger partial charge on any atom is 0.253 e. The van der Waals surface area contributed by atoms with Crippen molar-refractivity contribution in [2.24, 2.45) is 0 Å². The number of rotatable bonds is 2. The number of carbonyl (C=O) groups is 1. The van der Waals surface area contributed by atoms with Crippen LogP contribution in [0.15, 0.2) is 18.2 Å². The van der Waals surface area contributed by atoms with Crippen LogP contribution in [0.1, 0.15) is 43.0 Å². The number of carbonyl (C=O) groups excluding carboxylic acids is 1. The largest absolute Gasteiger partial charge is 0.397 e. The van der Waals surface area contributed by atoms with Crippen LogP contribution in [0.25, 0.3) is 0 Å². The zero-order valence-electron chi connectivity index (χ0n) is 12.7. The van der Waals surface area contributed by atoms with Crippen LogP contribution in [0.5, 0.6) is 0 Å². The number of benzene rings is 1. The van der Waals surface area contributed by atoms with Crippen molar-refractivity contribution in [3.05, 3.63) is 23.8 Å². The molecule has 0 aliphatic carbocycles. The SMILES string of the molecule is CC1CCCCCN1c1ccc(C(=O)N(C)C)cc1N. The van der Waals surface area contributed by atoms with E-state index in [1.807, 2.05) is 12.1 Å². The standard InChI is InChI=1S/C16H25N3O/c1-12-7-5-4-6-10-19(12)15-9-8-13(11-14(15)17)16(20)18(2)3/h8-9,11-12H,4-7,10,17H2,1-3H3. The number of nitrogens with zero attached hydrogens (tertiary/aromatic N) is 2. The van der Waals surface area contributed by atoms with E-state index in [2.05, 4.69) is 11.8 Å². The molecule has 0 spiro atoms. The van der Waals surface area contributed by atoms with Gasteiger partial charge in [0.05, 0.1) is 11.4 Å². The van der Waals surface area contributed by atoms with Gasteiger partial charge < -0.3 is 15.5 Å². The number of hydrogen-bond acceptors (Lipinski definition) is 3. The lowest BCUT2D eigenvalue weighted by atomic mass is 10.1. The molecule has 1 atom stereocenters. The summed E-state index contributed by atoms with van der Waals surface area (Å²) in [5, 5.41) is 0. The second kappa shape index (κ2) is 6.16. The minimum absolute atomic E-state index is 0.00725. The van der Waals surface area contributed by atoms with Crippen LogP contribution < -0.4 is 10.6 Å². The molecule has 4 nitrogen and oxygen atoms in total. The minimum Gasteiger partial charge on any atom is -0.397 e. The van der Waals surface area contributed by atoms with Crippen molar-refractivity contribution in [2.75, 3.05) is 31.3 Å². The molecule has 20 heavy (non-hydrogen) atoms. The first-order chi connectivity index (χ1) is 9.50. The van der Waals surface area contributed by atoms with Crippen molar-refractivity contribution in [3.8, 4) is 0 Å². The summed E-state index contributed by atoms with van der Waals surface area (Å²) in [5.41, 5.74) is 8.61. The molecule has 110 valence electrons. The summed E-state index contributed by atoms with van der Waals surface area (Å²) in [6, 6.07) is 6.18. The number of anilines is 2. The highest BCUT2D eigenvalue weighted by Gasteiger charge is 2.20. The van der Waals surface area contributed by atoms with Crippen LogP contribution >= 0.6 is 0 Å². The van der Waals surface area contributed by atoms with E-state index in [9.17, 15) is 4.79 Å². The summed E-state index contributed by atoms with van der Waals surface area (Å²) in [6.07, 6.45) is 4.99. The van der Waals surface area contributed by atoms with Gasteiger partial charge in [0, 0.05) is 32.2 Å². The Kier molecular flexibility index (Phi) is 4.53. The van der Waals surface area contributed by atoms with E-state index in [0.717, 1.165) is 12.2 Å². The smallest absolute Gasteiger partial charge is 0.253 e. The van der Waals surface area contributed by atoms with Crippen LogP contribution in [0.2, 0.25) is 0 Å². The van der Waals surface area contributed by atoms with Crippen LogP contribution in [0.3, 0.4) is 0 Å². The molecule has 1 aliphatic rings. The van der Waals surface area contributed by atoms with Crippen molar-refractivity contribution >= 4 is 17.3 Å². The summed E-state index contributed by atoms with van der Waals surface area (Å²) >= 11 is 0. The highest BCUT2D eigenvalue weighted by Crippen LogP contribution is 2.30. The van der Waals surface area contributed by atoms with E-state index >= 15 is 0 Å². The number of amides is 1. The van der Waals surface area contributed by atoms with Crippen molar-refractivity contribution in [3.63, 3.8) is 0 Å². The van der Waals surface area contributed by atoms with Gasteiger partial charge in [-0.1, -0.05) is 12.8 Å². The molecule has 0 radical (unpaired) electrons. The Balaban J connectivity index is 2.26. The molecule has 1 heterocycles. The lowest BCUT2D eigenvalue weighted by Crippen LogP contribution is -2.33. The van der Waals surface area contributed by atoms with Gasteiger partial charge in [-0.2, -0.15) is 0 Å². The predicted octanol–water partition coefficient (Wildman–Crippen LogP) is 2.74. The van der Waals surface area contributed by atoms with E-state index in [1.54, 1.807) is 25.1 Å². The third-order valence-corrected chi connectivity index (χ3v) is 4.04. The van der Waals surface area contributed by atoms with E-state index in [0.29, 0.717) is 17.3 Å². The highest BCUT2D eigenvalue weighted by molar-refractivity contribution is 5.95. The van der Waals surface area contributed by atoms with Gasteiger partial charge in [0.15, 0.2) is 0 Å². The molecule has 1 aliphatic heterocycles. The Morgan fingerprint density at radius 2 is 2.05 bits per heavy atom. The summed E-state index contributed by atoms with van der Waals surface area (Å²) in [4.78, 5) is 15.9. The van der Waals surface area contributed by atoms with Gasteiger partial charge in [-0.05, 0) is 38.0 Å². The normalized spacial score (nSPS) is 19.6. The fourth-order valence-corrected chi connectivity index (χ4v) is 2.84. The Bertz CT molecular complexity index is 485. The highest BCUT2D eigenvalue weighted by atomic mass is 16.2. The fourth-order valence-electron chi connectivity index (χ4n) is 2.84. The lowest BCUT2D eigenvalue weighted by molar-refractivity contribution is 0.0827.